The topological polar surface area (TPSA) is 61.6 Å². The van der Waals surface area contributed by atoms with Gasteiger partial charge in [0.1, 0.15) is 24.1 Å². The summed E-state index contributed by atoms with van der Waals surface area (Å²) in [6.07, 6.45) is 2.86. The van der Waals surface area contributed by atoms with Crippen LogP contribution in [0.2, 0.25) is 5.02 Å². The molecule has 0 aliphatic carbocycles. The van der Waals surface area contributed by atoms with Crippen LogP contribution in [-0.2, 0) is 24.4 Å². The van der Waals surface area contributed by atoms with Gasteiger partial charge >= 0.3 is 0 Å². The van der Waals surface area contributed by atoms with Crippen LogP contribution in [0.15, 0.2) is 54.6 Å². The van der Waals surface area contributed by atoms with E-state index in [9.17, 15) is 8.78 Å². The average molecular weight is 555 g/mol. The van der Waals surface area contributed by atoms with E-state index in [4.69, 9.17) is 25.8 Å². The van der Waals surface area contributed by atoms with Gasteiger partial charge in [-0.1, -0.05) is 23.7 Å². The predicted molar refractivity (Wildman–Crippen MR) is 143 cm³/mol. The number of imidazole rings is 1. The van der Waals surface area contributed by atoms with Gasteiger partial charge in [-0.05, 0) is 55.7 Å². The molecule has 1 atom stereocenters. The molecule has 2 fully saturated rings. The van der Waals surface area contributed by atoms with Crippen LogP contribution in [0.5, 0.6) is 11.6 Å². The Morgan fingerprint density at radius 2 is 1.79 bits per heavy atom. The van der Waals surface area contributed by atoms with E-state index in [1.807, 2.05) is 24.3 Å². The van der Waals surface area contributed by atoms with Crippen LogP contribution < -0.4 is 9.47 Å². The van der Waals surface area contributed by atoms with Gasteiger partial charge in [0.05, 0.1) is 30.4 Å². The lowest BCUT2D eigenvalue weighted by Gasteiger charge is -2.32. The number of benzene rings is 2. The van der Waals surface area contributed by atoms with Gasteiger partial charge in [-0.2, -0.15) is 0 Å². The van der Waals surface area contributed by atoms with Gasteiger partial charge in [0, 0.05) is 30.8 Å². The fourth-order valence-corrected chi connectivity index (χ4v) is 5.18. The number of halogens is 3. The maximum Gasteiger partial charge on any atom is 0.213 e. The molecular weight excluding hydrogens is 526 g/mol. The molecule has 2 aromatic carbocycles. The number of pyridine rings is 1. The second-order valence-corrected chi connectivity index (χ2v) is 10.4. The smallest absolute Gasteiger partial charge is 0.213 e. The van der Waals surface area contributed by atoms with Crippen LogP contribution >= 0.6 is 11.6 Å². The largest absolute Gasteiger partial charge is 0.484 e. The van der Waals surface area contributed by atoms with Gasteiger partial charge in [-0.15, -0.1) is 0 Å². The third kappa shape index (κ3) is 6.00. The number of para-hydroxylation sites is 1. The fraction of sp³-hybridized carbons (Fsp3) is 0.379. The van der Waals surface area contributed by atoms with Crippen molar-refractivity contribution in [1.29, 1.82) is 0 Å². The Labute approximate surface area is 230 Å². The SMILES string of the molecule is Fc1cc(Cl)ccc1OCc1cccc(OC2CCN(Cc3nc4c(F)cccc4n3C[C@@H]3CCO3)CC2)n1. The highest BCUT2D eigenvalue weighted by Crippen LogP contribution is 2.26. The quantitative estimate of drug-likeness (QED) is 0.262. The van der Waals surface area contributed by atoms with Gasteiger partial charge in [0.2, 0.25) is 5.88 Å². The molecule has 4 heterocycles. The molecule has 2 aliphatic heterocycles. The molecule has 2 saturated heterocycles. The summed E-state index contributed by atoms with van der Waals surface area (Å²) in [4.78, 5) is 11.5. The number of piperidine rings is 1. The van der Waals surface area contributed by atoms with Crippen LogP contribution in [0, 0.1) is 11.6 Å². The third-order valence-corrected chi connectivity index (χ3v) is 7.46. The van der Waals surface area contributed by atoms with Crippen molar-refractivity contribution in [2.45, 2.75) is 51.2 Å². The summed E-state index contributed by atoms with van der Waals surface area (Å²) in [5.74, 6) is 0.683. The molecule has 7 nitrogen and oxygen atoms in total. The Morgan fingerprint density at radius 1 is 0.974 bits per heavy atom. The molecule has 10 heteroatoms. The molecular formula is C29H29ClF2N4O3. The third-order valence-electron chi connectivity index (χ3n) is 7.23. The number of hydrogen-bond donors (Lipinski definition) is 0. The highest BCUT2D eigenvalue weighted by molar-refractivity contribution is 6.30. The number of hydrogen-bond acceptors (Lipinski definition) is 6. The Morgan fingerprint density at radius 3 is 2.56 bits per heavy atom. The zero-order valence-electron chi connectivity index (χ0n) is 21.4. The lowest BCUT2D eigenvalue weighted by atomic mass is 10.1. The second-order valence-electron chi connectivity index (χ2n) is 9.95. The zero-order valence-corrected chi connectivity index (χ0v) is 22.1. The molecule has 6 rings (SSSR count). The van der Waals surface area contributed by atoms with Gasteiger partial charge in [-0.3, -0.25) is 4.90 Å². The Bertz CT molecular complexity index is 1450. The summed E-state index contributed by atoms with van der Waals surface area (Å²) in [5, 5.41) is 0.315. The number of rotatable bonds is 9. The highest BCUT2D eigenvalue weighted by Gasteiger charge is 2.26. The Hall–Kier alpha value is -3.27. The molecule has 204 valence electrons. The number of ether oxygens (including phenoxy) is 3. The van der Waals surface area contributed by atoms with E-state index in [2.05, 4.69) is 19.4 Å². The van der Waals surface area contributed by atoms with Crippen LogP contribution in [0.25, 0.3) is 11.0 Å². The average Bonchev–Trinajstić information content (AvgIpc) is 3.25. The zero-order chi connectivity index (χ0) is 26.8. The van der Waals surface area contributed by atoms with Gasteiger partial charge in [0.15, 0.2) is 17.4 Å². The van der Waals surface area contributed by atoms with Crippen molar-refractivity contribution in [1.82, 2.24) is 19.4 Å². The van der Waals surface area contributed by atoms with Crippen molar-refractivity contribution in [3.05, 3.63) is 82.8 Å². The molecule has 4 aromatic rings. The number of nitrogens with zero attached hydrogens (tertiary/aromatic N) is 4. The molecule has 0 bridgehead atoms. The summed E-state index contributed by atoms with van der Waals surface area (Å²) in [6, 6.07) is 14.9. The maximum absolute atomic E-state index is 14.5. The molecule has 0 spiro atoms. The van der Waals surface area contributed by atoms with Crippen molar-refractivity contribution >= 4 is 22.6 Å². The van der Waals surface area contributed by atoms with E-state index in [0.29, 0.717) is 35.2 Å². The summed E-state index contributed by atoms with van der Waals surface area (Å²) < 4.78 is 48.0. The lowest BCUT2D eigenvalue weighted by Crippen LogP contribution is -2.39. The first-order valence-electron chi connectivity index (χ1n) is 13.2. The lowest BCUT2D eigenvalue weighted by molar-refractivity contribution is -0.0592. The first kappa shape index (κ1) is 26.0. The second kappa shape index (κ2) is 11.5. The van der Waals surface area contributed by atoms with E-state index in [-0.39, 0.29) is 30.4 Å². The fourth-order valence-electron chi connectivity index (χ4n) is 5.02. The molecule has 2 aliphatic rings. The van der Waals surface area contributed by atoms with Gasteiger partial charge in [-0.25, -0.2) is 18.7 Å². The maximum atomic E-state index is 14.5. The standard InChI is InChI=1S/C29H29ClF2N4O3/c30-19-7-8-26(24(32)15-19)38-18-20-3-1-6-28(33-20)39-21-9-12-35(13-10-21)17-27-34-29-23(31)4-2-5-25(29)36(27)16-22-11-14-37-22/h1-8,15,21-22H,9-14,16-18H2/t22-/m0/s1. The molecule has 0 unspecified atom stereocenters. The van der Waals surface area contributed by atoms with E-state index in [0.717, 1.165) is 50.3 Å². The number of fused-ring (bicyclic) bond motifs is 1. The summed E-state index contributed by atoms with van der Waals surface area (Å²) in [7, 11) is 0. The van der Waals surface area contributed by atoms with Crippen LogP contribution in [0.1, 0.15) is 30.8 Å². The number of likely N-dealkylation sites (tertiary alicyclic amines) is 1. The molecule has 39 heavy (non-hydrogen) atoms. The first-order chi connectivity index (χ1) is 19.0. The predicted octanol–water partition coefficient (Wildman–Crippen LogP) is 5.77. The minimum atomic E-state index is -0.515. The van der Waals surface area contributed by atoms with E-state index in [1.165, 1.54) is 18.2 Å². The Balaban J connectivity index is 1.05. The van der Waals surface area contributed by atoms with Crippen molar-refractivity contribution in [2.24, 2.45) is 0 Å². The van der Waals surface area contributed by atoms with E-state index in [1.54, 1.807) is 12.1 Å². The molecule has 0 N–H and O–H groups in total. The normalized spacial score (nSPS) is 18.3. The van der Waals surface area contributed by atoms with E-state index < -0.39 is 5.82 Å². The van der Waals surface area contributed by atoms with Gasteiger partial charge < -0.3 is 18.8 Å². The summed E-state index contributed by atoms with van der Waals surface area (Å²) >= 11 is 5.80. The Kier molecular flexibility index (Phi) is 7.63. The number of aromatic nitrogens is 3. The van der Waals surface area contributed by atoms with Crippen LogP contribution in [0.4, 0.5) is 8.78 Å². The minimum absolute atomic E-state index is 0.0262. The van der Waals surface area contributed by atoms with Crippen LogP contribution in [0.3, 0.4) is 0 Å². The van der Waals surface area contributed by atoms with E-state index >= 15 is 0 Å². The van der Waals surface area contributed by atoms with Crippen molar-refractivity contribution in [2.75, 3.05) is 19.7 Å². The van der Waals surface area contributed by atoms with Crippen molar-refractivity contribution in [3.63, 3.8) is 0 Å². The minimum Gasteiger partial charge on any atom is -0.484 e. The van der Waals surface area contributed by atoms with Crippen molar-refractivity contribution < 1.29 is 23.0 Å². The van der Waals surface area contributed by atoms with Crippen molar-refractivity contribution in [3.8, 4) is 11.6 Å². The first-order valence-corrected chi connectivity index (χ1v) is 13.6. The summed E-state index contributed by atoms with van der Waals surface area (Å²) in [6.45, 7) is 3.87. The van der Waals surface area contributed by atoms with Crippen LogP contribution in [-0.4, -0.2) is 51.3 Å². The molecule has 0 radical (unpaired) electrons. The van der Waals surface area contributed by atoms with Gasteiger partial charge in [0.25, 0.3) is 0 Å². The highest BCUT2D eigenvalue weighted by atomic mass is 35.5. The molecule has 0 saturated carbocycles. The summed E-state index contributed by atoms with van der Waals surface area (Å²) in [5.41, 5.74) is 1.87. The monoisotopic (exact) mass is 554 g/mol. The molecule has 0 amide bonds. The molecule has 2 aromatic heterocycles.